The van der Waals surface area contributed by atoms with Crippen molar-refractivity contribution in [2.45, 2.75) is 39.0 Å². The monoisotopic (exact) mass is 296 g/mol. The Kier molecular flexibility index (Phi) is 5.34. The van der Waals surface area contributed by atoms with Crippen molar-refractivity contribution in [2.75, 3.05) is 18.8 Å². The summed E-state index contributed by atoms with van der Waals surface area (Å²) < 4.78 is 0. The Morgan fingerprint density at radius 3 is 3.10 bits per heavy atom. The molecule has 2 amide bonds. The standard InChI is InChI=1S/C14H24N4OS/c1-4-11-7-12(17-16-11)8-15-14(19)18-5-6-20-13(9-18)10(2)3/h7,10,13H,4-6,8-9H2,1-3H3,(H,15,19)(H,16,17)/t13-/m1/s1. The van der Waals surface area contributed by atoms with E-state index in [9.17, 15) is 4.79 Å². The van der Waals surface area contributed by atoms with E-state index in [4.69, 9.17) is 0 Å². The lowest BCUT2D eigenvalue weighted by Crippen LogP contribution is -2.47. The molecule has 1 aromatic heterocycles. The molecule has 1 aliphatic heterocycles. The quantitative estimate of drug-likeness (QED) is 0.896. The molecular formula is C14H24N4OS. The molecule has 0 radical (unpaired) electrons. The van der Waals surface area contributed by atoms with Crippen LogP contribution in [0.3, 0.4) is 0 Å². The first kappa shape index (κ1) is 15.2. The SMILES string of the molecule is CCc1cc(CNC(=O)N2CCS[C@@H](C(C)C)C2)[nH]n1. The first-order chi connectivity index (χ1) is 9.60. The fourth-order valence-electron chi connectivity index (χ4n) is 2.23. The molecule has 0 unspecified atom stereocenters. The number of carbonyl (C=O) groups is 1. The Hall–Kier alpha value is -1.17. The van der Waals surface area contributed by atoms with E-state index in [1.165, 1.54) is 0 Å². The summed E-state index contributed by atoms with van der Waals surface area (Å²) in [4.78, 5) is 14.1. The summed E-state index contributed by atoms with van der Waals surface area (Å²) in [5.74, 6) is 1.63. The molecule has 0 bridgehead atoms. The van der Waals surface area contributed by atoms with Gasteiger partial charge in [0, 0.05) is 24.1 Å². The van der Waals surface area contributed by atoms with Gasteiger partial charge in [-0.2, -0.15) is 16.9 Å². The van der Waals surface area contributed by atoms with Gasteiger partial charge in [-0.05, 0) is 18.4 Å². The molecule has 0 saturated carbocycles. The molecule has 1 atom stereocenters. The van der Waals surface area contributed by atoms with Gasteiger partial charge < -0.3 is 10.2 Å². The van der Waals surface area contributed by atoms with Gasteiger partial charge in [0.25, 0.3) is 0 Å². The maximum atomic E-state index is 12.2. The van der Waals surface area contributed by atoms with E-state index in [0.717, 1.165) is 36.7 Å². The maximum absolute atomic E-state index is 12.2. The Morgan fingerprint density at radius 2 is 2.45 bits per heavy atom. The highest BCUT2D eigenvalue weighted by atomic mass is 32.2. The van der Waals surface area contributed by atoms with Crippen molar-refractivity contribution in [2.24, 2.45) is 5.92 Å². The van der Waals surface area contributed by atoms with Crippen LogP contribution < -0.4 is 5.32 Å². The van der Waals surface area contributed by atoms with E-state index in [1.54, 1.807) is 0 Å². The third-order valence-electron chi connectivity index (χ3n) is 3.60. The summed E-state index contributed by atoms with van der Waals surface area (Å²) in [5.41, 5.74) is 1.99. The topological polar surface area (TPSA) is 61.0 Å². The summed E-state index contributed by atoms with van der Waals surface area (Å²) in [6.45, 7) is 8.70. The number of carbonyl (C=O) groups excluding carboxylic acids is 1. The van der Waals surface area contributed by atoms with Gasteiger partial charge >= 0.3 is 6.03 Å². The van der Waals surface area contributed by atoms with Crippen LogP contribution in [0.1, 0.15) is 32.2 Å². The third-order valence-corrected chi connectivity index (χ3v) is 5.14. The molecular weight excluding hydrogens is 272 g/mol. The highest BCUT2D eigenvalue weighted by Gasteiger charge is 2.25. The highest BCUT2D eigenvalue weighted by molar-refractivity contribution is 8.00. The number of aromatic amines is 1. The van der Waals surface area contributed by atoms with Crippen molar-refractivity contribution in [3.8, 4) is 0 Å². The average molecular weight is 296 g/mol. The zero-order chi connectivity index (χ0) is 14.5. The lowest BCUT2D eigenvalue weighted by molar-refractivity contribution is 0.196. The van der Waals surface area contributed by atoms with Crippen molar-refractivity contribution >= 4 is 17.8 Å². The smallest absolute Gasteiger partial charge is 0.317 e. The largest absolute Gasteiger partial charge is 0.332 e. The van der Waals surface area contributed by atoms with Crippen molar-refractivity contribution in [3.05, 3.63) is 17.5 Å². The molecule has 112 valence electrons. The number of hydrogen-bond donors (Lipinski definition) is 2. The number of H-pyrrole nitrogens is 1. The van der Waals surface area contributed by atoms with Crippen LogP contribution in [0.5, 0.6) is 0 Å². The van der Waals surface area contributed by atoms with Gasteiger partial charge in [0.15, 0.2) is 0 Å². The van der Waals surface area contributed by atoms with Crippen LogP contribution in [-0.2, 0) is 13.0 Å². The molecule has 1 saturated heterocycles. The van der Waals surface area contributed by atoms with Gasteiger partial charge in [-0.1, -0.05) is 20.8 Å². The second-order valence-electron chi connectivity index (χ2n) is 5.50. The molecule has 1 aliphatic rings. The molecule has 6 heteroatoms. The Balaban J connectivity index is 1.82. The molecule has 1 fully saturated rings. The number of amides is 2. The summed E-state index contributed by atoms with van der Waals surface area (Å²) in [6, 6.07) is 2.03. The molecule has 0 aliphatic carbocycles. The predicted molar refractivity (Wildman–Crippen MR) is 82.9 cm³/mol. The molecule has 0 aromatic carbocycles. The molecule has 1 aromatic rings. The first-order valence-electron chi connectivity index (χ1n) is 7.27. The van der Waals surface area contributed by atoms with Crippen molar-refractivity contribution < 1.29 is 4.79 Å². The van der Waals surface area contributed by atoms with E-state index in [0.29, 0.717) is 17.7 Å². The molecule has 0 spiro atoms. The molecule has 5 nitrogen and oxygen atoms in total. The Morgan fingerprint density at radius 1 is 1.65 bits per heavy atom. The van der Waals surface area contributed by atoms with Crippen LogP contribution in [0, 0.1) is 5.92 Å². The second-order valence-corrected chi connectivity index (χ2v) is 6.84. The minimum absolute atomic E-state index is 0.0311. The number of aryl methyl sites for hydroxylation is 1. The maximum Gasteiger partial charge on any atom is 0.317 e. The normalized spacial score (nSPS) is 19.4. The Bertz CT molecular complexity index is 446. The van der Waals surface area contributed by atoms with Crippen molar-refractivity contribution in [1.82, 2.24) is 20.4 Å². The summed E-state index contributed by atoms with van der Waals surface area (Å²) in [7, 11) is 0. The van der Waals surface area contributed by atoms with Crippen LogP contribution in [0.15, 0.2) is 6.07 Å². The lowest BCUT2D eigenvalue weighted by Gasteiger charge is -2.34. The van der Waals surface area contributed by atoms with Crippen LogP contribution in [0.4, 0.5) is 4.79 Å². The zero-order valence-electron chi connectivity index (χ0n) is 12.5. The van der Waals surface area contributed by atoms with Crippen LogP contribution >= 0.6 is 11.8 Å². The summed E-state index contributed by atoms with van der Waals surface area (Å²) >= 11 is 1.98. The molecule has 2 N–H and O–H groups in total. The number of hydrogen-bond acceptors (Lipinski definition) is 3. The number of rotatable bonds is 4. The Labute approximate surface area is 124 Å². The molecule has 20 heavy (non-hydrogen) atoms. The van der Waals surface area contributed by atoms with Crippen LogP contribution in [0.25, 0.3) is 0 Å². The summed E-state index contributed by atoms with van der Waals surface area (Å²) in [6.07, 6.45) is 0.907. The third kappa shape index (κ3) is 3.91. The van der Waals surface area contributed by atoms with E-state index in [1.807, 2.05) is 22.7 Å². The fraction of sp³-hybridized carbons (Fsp3) is 0.714. The second kappa shape index (κ2) is 7.02. The lowest BCUT2D eigenvalue weighted by atomic mass is 10.1. The van der Waals surface area contributed by atoms with Gasteiger partial charge in [-0.15, -0.1) is 0 Å². The summed E-state index contributed by atoms with van der Waals surface area (Å²) in [5, 5.41) is 10.6. The van der Waals surface area contributed by atoms with Gasteiger partial charge in [-0.3, -0.25) is 5.10 Å². The van der Waals surface area contributed by atoms with Gasteiger partial charge in [0.2, 0.25) is 0 Å². The zero-order valence-corrected chi connectivity index (χ0v) is 13.3. The van der Waals surface area contributed by atoms with Gasteiger partial charge in [-0.25, -0.2) is 4.79 Å². The number of nitrogens with zero attached hydrogens (tertiary/aromatic N) is 2. The number of nitrogens with one attached hydrogen (secondary N) is 2. The predicted octanol–water partition coefficient (Wildman–Crippen LogP) is 2.26. The van der Waals surface area contributed by atoms with E-state index in [2.05, 4.69) is 36.3 Å². The molecule has 2 rings (SSSR count). The first-order valence-corrected chi connectivity index (χ1v) is 8.32. The number of urea groups is 1. The van der Waals surface area contributed by atoms with E-state index >= 15 is 0 Å². The number of thioether (sulfide) groups is 1. The van der Waals surface area contributed by atoms with Gasteiger partial charge in [0.1, 0.15) is 0 Å². The highest BCUT2D eigenvalue weighted by Crippen LogP contribution is 2.24. The number of aromatic nitrogens is 2. The average Bonchev–Trinajstić information content (AvgIpc) is 2.93. The van der Waals surface area contributed by atoms with Gasteiger partial charge in [0.05, 0.1) is 17.9 Å². The van der Waals surface area contributed by atoms with Crippen molar-refractivity contribution in [3.63, 3.8) is 0 Å². The van der Waals surface area contributed by atoms with E-state index in [-0.39, 0.29) is 6.03 Å². The minimum Gasteiger partial charge on any atom is -0.332 e. The van der Waals surface area contributed by atoms with Crippen LogP contribution in [0.2, 0.25) is 0 Å². The van der Waals surface area contributed by atoms with Crippen molar-refractivity contribution in [1.29, 1.82) is 0 Å². The minimum atomic E-state index is 0.0311. The fourth-order valence-corrected chi connectivity index (χ4v) is 3.53. The van der Waals surface area contributed by atoms with Crippen LogP contribution in [-0.4, -0.2) is 45.2 Å². The molecule has 2 heterocycles. The van der Waals surface area contributed by atoms with E-state index < -0.39 is 0 Å².